The van der Waals surface area contributed by atoms with Crippen LogP contribution in [0, 0.1) is 45.0 Å². The SMILES string of the molecule is CC(=O)O[C@@H]1CC[C@@]2(C)[C@@H](CC[C@@H]3[C@@H]2CC[C@]2(C)C(C(=O)Oc4ccc(C)cc4I)=CC[C@@H]32)C1. The van der Waals surface area contributed by atoms with Gasteiger partial charge in [-0.15, -0.1) is 0 Å². The third-order valence-electron chi connectivity index (χ3n) is 10.0. The Kier molecular flexibility index (Phi) is 6.39. The number of aryl methyl sites for hydroxylation is 1. The summed E-state index contributed by atoms with van der Waals surface area (Å²) in [5.74, 6) is 2.87. The maximum absolute atomic E-state index is 13.4. The van der Waals surface area contributed by atoms with Gasteiger partial charge in [-0.25, -0.2) is 4.79 Å². The van der Waals surface area contributed by atoms with Crippen molar-refractivity contribution in [2.45, 2.75) is 85.2 Å². The number of carbonyl (C=O) groups is 2. The van der Waals surface area contributed by atoms with Crippen LogP contribution in [0.1, 0.15) is 77.7 Å². The molecule has 5 rings (SSSR count). The van der Waals surface area contributed by atoms with Crippen LogP contribution in [0.3, 0.4) is 0 Å². The van der Waals surface area contributed by atoms with Crippen molar-refractivity contribution in [1.29, 1.82) is 0 Å². The minimum Gasteiger partial charge on any atom is -0.463 e. The van der Waals surface area contributed by atoms with Crippen LogP contribution in [0.5, 0.6) is 5.75 Å². The smallest absolute Gasteiger partial charge is 0.339 e. The summed E-state index contributed by atoms with van der Waals surface area (Å²) in [5, 5.41) is 0. The van der Waals surface area contributed by atoms with E-state index in [9.17, 15) is 9.59 Å². The zero-order valence-electron chi connectivity index (χ0n) is 20.9. The number of allylic oxidation sites excluding steroid dienone is 1. The maximum Gasteiger partial charge on any atom is 0.339 e. The van der Waals surface area contributed by atoms with E-state index in [0.717, 1.165) is 41.2 Å². The predicted molar refractivity (Wildman–Crippen MR) is 140 cm³/mol. The quantitative estimate of drug-likeness (QED) is 0.221. The Morgan fingerprint density at radius 3 is 2.59 bits per heavy atom. The van der Waals surface area contributed by atoms with E-state index in [1.165, 1.54) is 31.7 Å². The van der Waals surface area contributed by atoms with Gasteiger partial charge in [0.05, 0.1) is 3.57 Å². The summed E-state index contributed by atoms with van der Waals surface area (Å²) in [6.45, 7) is 8.41. The zero-order chi connectivity index (χ0) is 24.3. The third-order valence-corrected chi connectivity index (χ3v) is 10.9. The van der Waals surface area contributed by atoms with Crippen molar-refractivity contribution >= 4 is 34.5 Å². The number of benzene rings is 1. The van der Waals surface area contributed by atoms with Crippen molar-refractivity contribution < 1.29 is 19.1 Å². The molecule has 7 atom stereocenters. The molecule has 0 amide bonds. The van der Waals surface area contributed by atoms with Crippen molar-refractivity contribution in [2.24, 2.45) is 34.5 Å². The molecule has 3 saturated carbocycles. The first-order chi connectivity index (χ1) is 16.1. The first-order valence-electron chi connectivity index (χ1n) is 13.0. The Balaban J connectivity index is 1.31. The van der Waals surface area contributed by atoms with Crippen LogP contribution in [-0.4, -0.2) is 18.0 Å². The number of rotatable bonds is 3. The van der Waals surface area contributed by atoms with Crippen molar-refractivity contribution in [3.63, 3.8) is 0 Å². The summed E-state index contributed by atoms with van der Waals surface area (Å²) in [6.07, 6.45) is 11.1. The lowest BCUT2D eigenvalue weighted by Crippen LogP contribution is -2.54. The number of esters is 2. The summed E-state index contributed by atoms with van der Waals surface area (Å²) in [6, 6.07) is 5.96. The van der Waals surface area contributed by atoms with E-state index in [2.05, 4.69) is 55.5 Å². The molecule has 1 aromatic carbocycles. The highest BCUT2D eigenvalue weighted by molar-refractivity contribution is 14.1. The molecule has 4 aliphatic carbocycles. The molecule has 0 N–H and O–H groups in total. The lowest BCUT2D eigenvalue weighted by molar-refractivity contribution is -0.159. The Bertz CT molecular complexity index is 1030. The van der Waals surface area contributed by atoms with Gasteiger partial charge in [0.25, 0.3) is 0 Å². The Morgan fingerprint density at radius 2 is 1.85 bits per heavy atom. The van der Waals surface area contributed by atoms with Crippen molar-refractivity contribution in [2.75, 3.05) is 0 Å². The number of ether oxygens (including phenoxy) is 2. The van der Waals surface area contributed by atoms with Gasteiger partial charge in [-0.1, -0.05) is 26.0 Å². The van der Waals surface area contributed by atoms with E-state index >= 15 is 0 Å². The van der Waals surface area contributed by atoms with E-state index in [-0.39, 0.29) is 23.5 Å². The van der Waals surface area contributed by atoms with E-state index in [1.54, 1.807) is 0 Å². The zero-order valence-corrected chi connectivity index (χ0v) is 23.0. The summed E-state index contributed by atoms with van der Waals surface area (Å²) in [7, 11) is 0. The van der Waals surface area contributed by atoms with Crippen LogP contribution in [0.15, 0.2) is 29.8 Å². The first kappa shape index (κ1) is 24.3. The van der Waals surface area contributed by atoms with Crippen molar-refractivity contribution in [3.8, 4) is 5.75 Å². The van der Waals surface area contributed by atoms with E-state index in [1.807, 2.05) is 12.1 Å². The second-order valence-electron chi connectivity index (χ2n) is 11.8. The molecule has 3 fully saturated rings. The molecule has 5 heteroatoms. The highest BCUT2D eigenvalue weighted by Gasteiger charge is 2.59. The Morgan fingerprint density at radius 1 is 1.06 bits per heavy atom. The number of halogens is 1. The molecule has 0 radical (unpaired) electrons. The molecule has 0 unspecified atom stereocenters. The molecule has 0 spiro atoms. The number of fused-ring (bicyclic) bond motifs is 5. The highest BCUT2D eigenvalue weighted by atomic mass is 127. The summed E-state index contributed by atoms with van der Waals surface area (Å²) < 4.78 is 12.5. The minimum absolute atomic E-state index is 0.0908. The molecular formula is C29H37IO4. The van der Waals surface area contributed by atoms with Crippen LogP contribution in [-0.2, 0) is 14.3 Å². The van der Waals surface area contributed by atoms with Crippen LogP contribution in [0.25, 0.3) is 0 Å². The molecule has 0 aliphatic heterocycles. The lowest BCUT2D eigenvalue weighted by Gasteiger charge is -2.60. The number of hydrogen-bond acceptors (Lipinski definition) is 4. The third kappa shape index (κ3) is 4.04. The summed E-state index contributed by atoms with van der Waals surface area (Å²) in [5.41, 5.74) is 2.30. The van der Waals surface area contributed by atoms with Gasteiger partial charge in [-0.05, 0) is 128 Å². The number of hydrogen-bond donors (Lipinski definition) is 0. The molecule has 1 aromatic rings. The lowest BCUT2D eigenvalue weighted by atomic mass is 9.44. The van der Waals surface area contributed by atoms with Gasteiger partial charge in [0.2, 0.25) is 0 Å². The monoisotopic (exact) mass is 576 g/mol. The van der Waals surface area contributed by atoms with Gasteiger partial charge in [0.15, 0.2) is 0 Å². The summed E-state index contributed by atoms with van der Waals surface area (Å²) >= 11 is 2.25. The van der Waals surface area contributed by atoms with Crippen LogP contribution < -0.4 is 4.74 Å². The second kappa shape index (κ2) is 8.94. The normalized spacial score (nSPS) is 38.7. The molecular weight excluding hydrogens is 539 g/mol. The van der Waals surface area contributed by atoms with Crippen molar-refractivity contribution in [3.05, 3.63) is 39.0 Å². The largest absolute Gasteiger partial charge is 0.463 e. The van der Waals surface area contributed by atoms with Crippen LogP contribution >= 0.6 is 22.6 Å². The maximum atomic E-state index is 13.4. The number of carbonyl (C=O) groups excluding carboxylic acids is 2. The Labute approximate surface area is 217 Å². The van der Waals surface area contributed by atoms with Crippen LogP contribution in [0.4, 0.5) is 0 Å². The molecule has 0 heterocycles. The van der Waals surface area contributed by atoms with E-state index < -0.39 is 0 Å². The second-order valence-corrected chi connectivity index (χ2v) is 13.0. The minimum atomic E-state index is -0.160. The van der Waals surface area contributed by atoms with Gasteiger partial charge in [-0.3, -0.25) is 4.79 Å². The van der Waals surface area contributed by atoms with Crippen LogP contribution in [0.2, 0.25) is 0 Å². The molecule has 4 aliphatic rings. The van der Waals surface area contributed by atoms with E-state index in [0.29, 0.717) is 34.8 Å². The average Bonchev–Trinajstić information content (AvgIpc) is 3.13. The fourth-order valence-corrected chi connectivity index (χ4v) is 9.07. The summed E-state index contributed by atoms with van der Waals surface area (Å²) in [4.78, 5) is 24.9. The fraction of sp³-hybridized carbons (Fsp3) is 0.655. The van der Waals surface area contributed by atoms with Gasteiger partial charge in [0.1, 0.15) is 11.9 Å². The van der Waals surface area contributed by atoms with Gasteiger partial charge in [-0.2, -0.15) is 0 Å². The highest BCUT2D eigenvalue weighted by Crippen LogP contribution is 2.66. The molecule has 0 bridgehead atoms. The molecule has 0 aromatic heterocycles. The standard InChI is InChI=1S/C29H37IO4/c1-17-5-10-26(25(30)15-17)34-27(32)24-9-8-22-21-7-6-19-16-20(33-18(2)31)11-13-28(19,3)23(21)12-14-29(22,24)4/h5,9-10,15,19-23H,6-8,11-14,16H2,1-4H3/t19-,20+,21-,22-,23-,28-,29-/m0/s1. The Hall–Kier alpha value is -1.37. The predicted octanol–water partition coefficient (Wildman–Crippen LogP) is 7.02. The van der Waals surface area contributed by atoms with E-state index in [4.69, 9.17) is 9.47 Å². The molecule has 184 valence electrons. The first-order valence-corrected chi connectivity index (χ1v) is 14.1. The van der Waals surface area contributed by atoms with Gasteiger partial charge >= 0.3 is 11.9 Å². The molecule has 0 saturated heterocycles. The van der Waals surface area contributed by atoms with Gasteiger partial charge in [0, 0.05) is 17.9 Å². The molecule has 4 nitrogen and oxygen atoms in total. The fourth-order valence-electron chi connectivity index (χ4n) is 8.29. The average molecular weight is 577 g/mol. The van der Waals surface area contributed by atoms with Crippen molar-refractivity contribution in [1.82, 2.24) is 0 Å². The molecule has 34 heavy (non-hydrogen) atoms. The van der Waals surface area contributed by atoms with Gasteiger partial charge < -0.3 is 9.47 Å². The topological polar surface area (TPSA) is 52.6 Å².